The van der Waals surface area contributed by atoms with Gasteiger partial charge >= 0.3 is 0 Å². The smallest absolute Gasteiger partial charge is 0.240 e. The molecule has 0 atom stereocenters. The van der Waals surface area contributed by atoms with Crippen molar-refractivity contribution in [1.29, 1.82) is 0 Å². The average molecular weight is 417 g/mol. The van der Waals surface area contributed by atoms with Gasteiger partial charge in [0, 0.05) is 24.8 Å². The van der Waals surface area contributed by atoms with E-state index in [2.05, 4.69) is 27.5 Å². The molecule has 29 heavy (non-hydrogen) atoms. The number of imidazole rings is 1. The molecule has 0 saturated heterocycles. The number of thioether (sulfide) groups is 1. The van der Waals surface area contributed by atoms with Crippen LogP contribution in [0.3, 0.4) is 0 Å². The van der Waals surface area contributed by atoms with Crippen molar-refractivity contribution in [1.82, 2.24) is 14.9 Å². The minimum Gasteiger partial charge on any atom is -0.390 e. The molecule has 0 aliphatic heterocycles. The molecule has 1 aromatic carbocycles. The average Bonchev–Trinajstić information content (AvgIpc) is 3.06. The molecule has 154 valence electrons. The predicted molar refractivity (Wildman–Crippen MR) is 111 cm³/mol. The van der Waals surface area contributed by atoms with E-state index in [0.29, 0.717) is 28.8 Å². The third-order valence-corrected chi connectivity index (χ3v) is 4.60. The topological polar surface area (TPSA) is 125 Å². The third-order valence-electron chi connectivity index (χ3n) is 3.61. The van der Waals surface area contributed by atoms with Gasteiger partial charge in [-0.3, -0.25) is 14.4 Å². The number of benzene rings is 1. The van der Waals surface area contributed by atoms with Gasteiger partial charge in [0.2, 0.25) is 17.7 Å². The van der Waals surface area contributed by atoms with Crippen LogP contribution < -0.4 is 16.0 Å². The molecule has 10 heteroatoms. The molecule has 1 heterocycles. The molecule has 2 rings (SSSR count). The van der Waals surface area contributed by atoms with Gasteiger partial charge in [0.1, 0.15) is 6.54 Å². The first kappa shape index (κ1) is 22.2. The lowest BCUT2D eigenvalue weighted by molar-refractivity contribution is -0.121. The Morgan fingerprint density at radius 1 is 1.24 bits per heavy atom. The molecule has 0 aliphatic rings. The van der Waals surface area contributed by atoms with Crippen molar-refractivity contribution in [2.75, 3.05) is 22.9 Å². The van der Waals surface area contributed by atoms with Gasteiger partial charge in [-0.25, -0.2) is 4.98 Å². The quantitative estimate of drug-likeness (QED) is 0.342. The number of aliphatic hydroxyl groups is 1. The molecule has 0 aliphatic carbocycles. The highest BCUT2D eigenvalue weighted by Gasteiger charge is 2.15. The highest BCUT2D eigenvalue weighted by Crippen LogP contribution is 2.20. The third kappa shape index (κ3) is 7.09. The zero-order chi connectivity index (χ0) is 21.2. The lowest BCUT2D eigenvalue weighted by Gasteiger charge is -2.11. The van der Waals surface area contributed by atoms with Crippen LogP contribution in [0.25, 0.3) is 0 Å². The van der Waals surface area contributed by atoms with Crippen LogP contribution in [-0.4, -0.2) is 44.7 Å². The lowest BCUT2D eigenvalue weighted by atomic mass is 10.2. The molecule has 9 nitrogen and oxygen atoms in total. The Balaban J connectivity index is 1.98. The molecular formula is C19H23N5O4S. The molecule has 0 spiro atoms. The van der Waals surface area contributed by atoms with E-state index >= 15 is 0 Å². The fraction of sp³-hybridized carbons (Fsp3) is 0.263. The predicted octanol–water partition coefficient (Wildman–Crippen LogP) is 1.37. The number of carbonyl (C=O) groups excluding carboxylic acids is 3. The van der Waals surface area contributed by atoms with Gasteiger partial charge < -0.3 is 25.6 Å². The van der Waals surface area contributed by atoms with E-state index in [-0.39, 0.29) is 36.6 Å². The van der Waals surface area contributed by atoms with Crippen LogP contribution in [0.4, 0.5) is 11.4 Å². The van der Waals surface area contributed by atoms with Crippen LogP contribution in [0, 0.1) is 0 Å². The summed E-state index contributed by atoms with van der Waals surface area (Å²) in [6, 6.07) is 6.80. The van der Waals surface area contributed by atoms with Crippen LogP contribution in [0.5, 0.6) is 0 Å². The largest absolute Gasteiger partial charge is 0.390 e. The summed E-state index contributed by atoms with van der Waals surface area (Å²) in [7, 11) is 0. The van der Waals surface area contributed by atoms with E-state index in [1.165, 1.54) is 13.1 Å². The summed E-state index contributed by atoms with van der Waals surface area (Å²) < 4.78 is 1.56. The van der Waals surface area contributed by atoms with Crippen molar-refractivity contribution >= 4 is 40.9 Å². The fourth-order valence-corrected chi connectivity index (χ4v) is 3.19. The van der Waals surface area contributed by atoms with E-state index in [9.17, 15) is 19.5 Å². The first-order chi connectivity index (χ1) is 13.9. The maximum Gasteiger partial charge on any atom is 0.240 e. The second kappa shape index (κ2) is 11.0. The van der Waals surface area contributed by atoms with Gasteiger partial charge in [-0.15, -0.1) is 6.58 Å². The van der Waals surface area contributed by atoms with E-state index in [1.54, 1.807) is 34.9 Å². The number of carbonyl (C=O) groups is 3. The summed E-state index contributed by atoms with van der Waals surface area (Å²) in [5, 5.41) is 18.0. The van der Waals surface area contributed by atoms with Gasteiger partial charge in [0.15, 0.2) is 5.16 Å². The Labute approximate surface area is 172 Å². The molecule has 0 radical (unpaired) electrons. The lowest BCUT2D eigenvalue weighted by Crippen LogP contribution is -2.28. The zero-order valence-electron chi connectivity index (χ0n) is 16.0. The van der Waals surface area contributed by atoms with Crippen molar-refractivity contribution in [2.45, 2.75) is 25.2 Å². The molecule has 0 saturated carbocycles. The Bertz CT molecular complexity index is 896. The number of hydrogen-bond donors (Lipinski definition) is 4. The van der Waals surface area contributed by atoms with Crippen LogP contribution in [-0.2, 0) is 27.5 Å². The van der Waals surface area contributed by atoms with E-state index in [0.717, 1.165) is 11.8 Å². The highest BCUT2D eigenvalue weighted by atomic mass is 32.2. The molecule has 0 bridgehead atoms. The van der Waals surface area contributed by atoms with Gasteiger partial charge in [-0.05, 0) is 18.2 Å². The molecule has 3 amide bonds. The highest BCUT2D eigenvalue weighted by molar-refractivity contribution is 7.99. The summed E-state index contributed by atoms with van der Waals surface area (Å²) in [5.41, 5.74) is 1.60. The van der Waals surface area contributed by atoms with Crippen molar-refractivity contribution < 1.29 is 19.5 Å². The summed E-state index contributed by atoms with van der Waals surface area (Å²) >= 11 is 1.15. The van der Waals surface area contributed by atoms with E-state index in [4.69, 9.17) is 0 Å². The number of hydrogen-bond acceptors (Lipinski definition) is 6. The second-order valence-electron chi connectivity index (χ2n) is 5.97. The van der Waals surface area contributed by atoms with Crippen LogP contribution in [0.15, 0.2) is 48.3 Å². The standard InChI is InChI=1S/C19H23N5O4S/c1-3-7-20-17(27)10-24-16(11-25)9-21-19(24)29-12-18(28)23-15-6-4-5-14(8-15)22-13(2)26/h3-6,8-9,25H,1,7,10-12H2,2H3,(H,20,27)(H,22,26)(H,23,28). The monoisotopic (exact) mass is 417 g/mol. The minimum atomic E-state index is -0.273. The Morgan fingerprint density at radius 3 is 2.62 bits per heavy atom. The van der Waals surface area contributed by atoms with Gasteiger partial charge in [-0.1, -0.05) is 23.9 Å². The number of aromatic nitrogens is 2. The second-order valence-corrected chi connectivity index (χ2v) is 6.91. The van der Waals surface area contributed by atoms with Gasteiger partial charge in [0.25, 0.3) is 0 Å². The summed E-state index contributed by atoms with van der Waals surface area (Å²) in [6.45, 7) is 4.99. The number of amides is 3. The maximum absolute atomic E-state index is 12.3. The molecule has 0 unspecified atom stereocenters. The van der Waals surface area contributed by atoms with E-state index in [1.807, 2.05) is 0 Å². The Hall–Kier alpha value is -3.11. The normalized spacial score (nSPS) is 10.3. The van der Waals surface area contributed by atoms with Crippen molar-refractivity contribution in [3.63, 3.8) is 0 Å². The minimum absolute atomic E-state index is 0.0214. The van der Waals surface area contributed by atoms with Crippen molar-refractivity contribution in [3.05, 3.63) is 48.8 Å². The summed E-state index contributed by atoms with van der Waals surface area (Å²) in [6.07, 6.45) is 3.04. The fourth-order valence-electron chi connectivity index (χ4n) is 2.39. The SMILES string of the molecule is C=CCNC(=O)Cn1c(CO)cnc1SCC(=O)Nc1cccc(NC(C)=O)c1. The summed E-state index contributed by atoms with van der Waals surface area (Å²) in [4.78, 5) is 39.6. The Morgan fingerprint density at radius 2 is 1.97 bits per heavy atom. The molecule has 4 N–H and O–H groups in total. The zero-order valence-corrected chi connectivity index (χ0v) is 16.8. The van der Waals surface area contributed by atoms with Crippen molar-refractivity contribution in [2.24, 2.45) is 0 Å². The van der Waals surface area contributed by atoms with Gasteiger partial charge in [0.05, 0.1) is 24.3 Å². The number of anilines is 2. The number of rotatable bonds is 10. The van der Waals surface area contributed by atoms with Crippen LogP contribution in [0.2, 0.25) is 0 Å². The van der Waals surface area contributed by atoms with Gasteiger partial charge in [-0.2, -0.15) is 0 Å². The van der Waals surface area contributed by atoms with Crippen LogP contribution in [0.1, 0.15) is 12.6 Å². The number of aliphatic hydroxyl groups excluding tert-OH is 1. The molecule has 1 aromatic heterocycles. The summed E-state index contributed by atoms with van der Waals surface area (Å²) in [5.74, 6) is -0.668. The molecule has 0 fully saturated rings. The first-order valence-electron chi connectivity index (χ1n) is 8.76. The Kier molecular flexibility index (Phi) is 8.44. The molecular weight excluding hydrogens is 394 g/mol. The number of nitrogens with one attached hydrogen (secondary N) is 3. The number of nitrogens with zero attached hydrogens (tertiary/aromatic N) is 2. The van der Waals surface area contributed by atoms with Crippen LogP contribution >= 0.6 is 11.8 Å². The van der Waals surface area contributed by atoms with Crippen molar-refractivity contribution in [3.8, 4) is 0 Å². The first-order valence-corrected chi connectivity index (χ1v) is 9.74. The molecule has 2 aromatic rings. The van der Waals surface area contributed by atoms with E-state index < -0.39 is 0 Å². The maximum atomic E-state index is 12.3.